The molecule has 0 radical (unpaired) electrons. The van der Waals surface area contributed by atoms with Crippen LogP contribution in [0.25, 0.3) is 0 Å². The van der Waals surface area contributed by atoms with Crippen LogP contribution in [0.15, 0.2) is 18.2 Å². The van der Waals surface area contributed by atoms with E-state index in [0.717, 1.165) is 23.6 Å². The Balaban J connectivity index is 1.97. The fourth-order valence-corrected chi connectivity index (χ4v) is 1.94. The summed E-state index contributed by atoms with van der Waals surface area (Å²) in [5.41, 5.74) is 8.00. The van der Waals surface area contributed by atoms with Crippen molar-refractivity contribution in [2.75, 3.05) is 12.3 Å². The highest BCUT2D eigenvalue weighted by molar-refractivity contribution is 5.96. The summed E-state index contributed by atoms with van der Waals surface area (Å²) in [6, 6.07) is 5.38. The first-order valence-corrected chi connectivity index (χ1v) is 5.72. The summed E-state index contributed by atoms with van der Waals surface area (Å²) in [6.45, 7) is 4.92. The van der Waals surface area contributed by atoms with Gasteiger partial charge in [0, 0.05) is 17.8 Å². The Morgan fingerprint density at radius 1 is 1.56 bits per heavy atom. The molecule has 0 aromatic heterocycles. The fourth-order valence-electron chi connectivity index (χ4n) is 1.94. The molecule has 1 aliphatic carbocycles. The van der Waals surface area contributed by atoms with E-state index in [0.29, 0.717) is 11.6 Å². The number of carbonyl (C=O) groups excluding carboxylic acids is 1. The summed E-state index contributed by atoms with van der Waals surface area (Å²) < 4.78 is 0. The molecule has 1 aromatic carbocycles. The molecule has 2 rings (SSSR count). The van der Waals surface area contributed by atoms with Gasteiger partial charge in [0.05, 0.1) is 0 Å². The van der Waals surface area contributed by atoms with Gasteiger partial charge in [-0.2, -0.15) is 0 Å². The van der Waals surface area contributed by atoms with Gasteiger partial charge in [-0.15, -0.1) is 0 Å². The van der Waals surface area contributed by atoms with Crippen molar-refractivity contribution < 1.29 is 4.79 Å². The zero-order valence-electron chi connectivity index (χ0n) is 9.79. The Kier molecular flexibility index (Phi) is 2.86. The number of carbonyl (C=O) groups is 1. The van der Waals surface area contributed by atoms with Crippen molar-refractivity contribution in [1.82, 2.24) is 5.32 Å². The van der Waals surface area contributed by atoms with Crippen LogP contribution in [0.1, 0.15) is 29.3 Å². The zero-order valence-corrected chi connectivity index (χ0v) is 9.79. The van der Waals surface area contributed by atoms with Gasteiger partial charge in [0.1, 0.15) is 0 Å². The molecule has 3 nitrogen and oxygen atoms in total. The molecule has 2 atom stereocenters. The van der Waals surface area contributed by atoms with Gasteiger partial charge >= 0.3 is 0 Å². The predicted octanol–water partition coefficient (Wildman–Crippen LogP) is 1.96. The highest BCUT2D eigenvalue weighted by Crippen LogP contribution is 2.36. The monoisotopic (exact) mass is 218 g/mol. The largest absolute Gasteiger partial charge is 0.399 e. The SMILES string of the molecule is Cc1cc(N)ccc1C(=O)NCC1CC1C. The van der Waals surface area contributed by atoms with Crippen LogP contribution in [0.3, 0.4) is 0 Å². The molecule has 0 saturated heterocycles. The molecule has 0 heterocycles. The van der Waals surface area contributed by atoms with Gasteiger partial charge < -0.3 is 11.1 Å². The Bertz CT molecular complexity index is 414. The highest BCUT2D eigenvalue weighted by atomic mass is 16.1. The number of nitrogens with two attached hydrogens (primary N) is 1. The normalized spacial score (nSPS) is 22.9. The molecule has 0 aliphatic heterocycles. The van der Waals surface area contributed by atoms with Gasteiger partial charge in [0.25, 0.3) is 5.91 Å². The minimum atomic E-state index is 0.0107. The zero-order chi connectivity index (χ0) is 11.7. The van der Waals surface area contributed by atoms with Crippen LogP contribution in [0.5, 0.6) is 0 Å². The number of nitrogen functional groups attached to an aromatic ring is 1. The van der Waals surface area contributed by atoms with Crippen molar-refractivity contribution >= 4 is 11.6 Å². The Labute approximate surface area is 96.0 Å². The number of rotatable bonds is 3. The summed E-state index contributed by atoms with van der Waals surface area (Å²) in [5, 5.41) is 2.97. The summed E-state index contributed by atoms with van der Waals surface area (Å²) in [4.78, 5) is 11.9. The lowest BCUT2D eigenvalue weighted by atomic mass is 10.1. The van der Waals surface area contributed by atoms with E-state index in [9.17, 15) is 4.79 Å². The molecule has 1 amide bonds. The van der Waals surface area contributed by atoms with E-state index in [1.54, 1.807) is 12.1 Å². The predicted molar refractivity (Wildman–Crippen MR) is 65.2 cm³/mol. The molecule has 3 N–H and O–H groups in total. The Morgan fingerprint density at radius 2 is 2.25 bits per heavy atom. The lowest BCUT2D eigenvalue weighted by molar-refractivity contribution is 0.0951. The second-order valence-corrected chi connectivity index (χ2v) is 4.76. The van der Waals surface area contributed by atoms with Crippen LogP contribution in [0.2, 0.25) is 0 Å². The number of anilines is 1. The molecule has 3 heteroatoms. The van der Waals surface area contributed by atoms with E-state index in [1.807, 2.05) is 13.0 Å². The topological polar surface area (TPSA) is 55.1 Å². The number of hydrogen-bond acceptors (Lipinski definition) is 2. The maximum atomic E-state index is 11.9. The first-order chi connectivity index (χ1) is 7.58. The maximum absolute atomic E-state index is 11.9. The van der Waals surface area contributed by atoms with E-state index in [4.69, 9.17) is 5.73 Å². The summed E-state index contributed by atoms with van der Waals surface area (Å²) in [5.74, 6) is 1.46. The standard InChI is InChI=1S/C13H18N2O/c1-8-5-10(8)7-15-13(16)12-4-3-11(14)6-9(12)2/h3-4,6,8,10H,5,7,14H2,1-2H3,(H,15,16). The summed E-state index contributed by atoms with van der Waals surface area (Å²) in [7, 11) is 0. The molecule has 86 valence electrons. The van der Waals surface area contributed by atoms with Crippen LogP contribution < -0.4 is 11.1 Å². The van der Waals surface area contributed by atoms with E-state index in [-0.39, 0.29) is 5.91 Å². The van der Waals surface area contributed by atoms with Gasteiger partial charge in [-0.1, -0.05) is 6.92 Å². The number of benzene rings is 1. The number of nitrogens with one attached hydrogen (secondary N) is 1. The second kappa shape index (κ2) is 4.16. The molecular weight excluding hydrogens is 200 g/mol. The van der Waals surface area contributed by atoms with E-state index in [2.05, 4.69) is 12.2 Å². The van der Waals surface area contributed by atoms with Gasteiger partial charge in [0.15, 0.2) is 0 Å². The minimum Gasteiger partial charge on any atom is -0.399 e. The smallest absolute Gasteiger partial charge is 0.251 e. The van der Waals surface area contributed by atoms with Crippen molar-refractivity contribution in [3.05, 3.63) is 29.3 Å². The first kappa shape index (κ1) is 11.0. The van der Waals surface area contributed by atoms with Crippen molar-refractivity contribution in [2.24, 2.45) is 11.8 Å². The van der Waals surface area contributed by atoms with Crippen LogP contribution in [0.4, 0.5) is 5.69 Å². The second-order valence-electron chi connectivity index (χ2n) is 4.76. The maximum Gasteiger partial charge on any atom is 0.251 e. The molecular formula is C13H18N2O. The molecule has 0 spiro atoms. The molecule has 1 saturated carbocycles. The van der Waals surface area contributed by atoms with Crippen molar-refractivity contribution in [3.8, 4) is 0 Å². The average Bonchev–Trinajstić information content (AvgIpc) is 2.91. The van der Waals surface area contributed by atoms with Gasteiger partial charge in [-0.05, 0) is 48.9 Å². The number of amides is 1. The number of hydrogen-bond donors (Lipinski definition) is 2. The van der Waals surface area contributed by atoms with Crippen molar-refractivity contribution in [1.29, 1.82) is 0 Å². The molecule has 1 aromatic rings. The van der Waals surface area contributed by atoms with Crippen LogP contribution >= 0.6 is 0 Å². The highest BCUT2D eigenvalue weighted by Gasteiger charge is 2.32. The molecule has 1 aliphatic rings. The summed E-state index contributed by atoms with van der Waals surface area (Å²) in [6.07, 6.45) is 1.24. The Morgan fingerprint density at radius 3 is 2.81 bits per heavy atom. The third-order valence-corrected chi connectivity index (χ3v) is 3.30. The lowest BCUT2D eigenvalue weighted by Crippen LogP contribution is -2.26. The first-order valence-electron chi connectivity index (χ1n) is 5.72. The van der Waals surface area contributed by atoms with Gasteiger partial charge in [-0.3, -0.25) is 4.79 Å². The molecule has 16 heavy (non-hydrogen) atoms. The van der Waals surface area contributed by atoms with Crippen molar-refractivity contribution in [3.63, 3.8) is 0 Å². The Hall–Kier alpha value is -1.51. The quantitative estimate of drug-likeness (QED) is 0.762. The molecule has 1 fully saturated rings. The van der Waals surface area contributed by atoms with Crippen molar-refractivity contribution in [2.45, 2.75) is 20.3 Å². The lowest BCUT2D eigenvalue weighted by Gasteiger charge is -2.07. The minimum absolute atomic E-state index is 0.0107. The summed E-state index contributed by atoms with van der Waals surface area (Å²) >= 11 is 0. The number of aryl methyl sites for hydroxylation is 1. The van der Waals surface area contributed by atoms with Crippen LogP contribution in [-0.4, -0.2) is 12.5 Å². The molecule has 2 unspecified atom stereocenters. The fraction of sp³-hybridized carbons (Fsp3) is 0.462. The van der Waals surface area contributed by atoms with Crippen LogP contribution in [-0.2, 0) is 0 Å². The van der Waals surface area contributed by atoms with Gasteiger partial charge in [-0.25, -0.2) is 0 Å². The van der Waals surface area contributed by atoms with Gasteiger partial charge in [0.2, 0.25) is 0 Å². The molecule has 0 bridgehead atoms. The van der Waals surface area contributed by atoms with E-state index in [1.165, 1.54) is 6.42 Å². The van der Waals surface area contributed by atoms with E-state index < -0.39 is 0 Å². The third kappa shape index (κ3) is 2.35. The average molecular weight is 218 g/mol. The van der Waals surface area contributed by atoms with E-state index >= 15 is 0 Å². The third-order valence-electron chi connectivity index (χ3n) is 3.30. The van der Waals surface area contributed by atoms with Crippen LogP contribution in [0, 0.1) is 18.8 Å².